The molecule has 0 aromatic carbocycles. The van der Waals surface area contributed by atoms with E-state index in [1.54, 1.807) is 7.11 Å². The molecule has 0 aliphatic rings. The van der Waals surface area contributed by atoms with Gasteiger partial charge in [0.2, 0.25) is 0 Å². The van der Waals surface area contributed by atoms with E-state index in [1.165, 1.54) is 18.5 Å². The van der Waals surface area contributed by atoms with E-state index in [4.69, 9.17) is 10.00 Å². The number of carbonyl (C=O) groups excluding carboxylic acids is 1. The summed E-state index contributed by atoms with van der Waals surface area (Å²) in [5.74, 6) is -0.253. The van der Waals surface area contributed by atoms with Crippen molar-refractivity contribution in [3.8, 4) is 6.07 Å². The fraction of sp³-hybridized carbons (Fsp3) is 0.300. The molecule has 0 aliphatic heterocycles. The number of ether oxygens (including phenoxy) is 1. The number of pyridine rings is 1. The number of methoxy groups -OCH3 is 1. The molecule has 78 valence electrons. The van der Waals surface area contributed by atoms with Crippen LogP contribution in [0, 0.1) is 11.3 Å². The van der Waals surface area contributed by atoms with E-state index in [0.29, 0.717) is 24.3 Å². The van der Waals surface area contributed by atoms with Gasteiger partial charge in [-0.1, -0.05) is 0 Å². The number of nitrogens with zero attached hydrogens (tertiary/aromatic N) is 2. The second kappa shape index (κ2) is 5.73. The summed E-state index contributed by atoms with van der Waals surface area (Å²) in [7, 11) is 1.56. The Labute approximate surface area is 87.7 Å². The summed E-state index contributed by atoms with van der Waals surface area (Å²) in [6.45, 7) is 0.892. The van der Waals surface area contributed by atoms with Crippen LogP contribution in [0.1, 0.15) is 15.9 Å². The molecule has 1 N–H and O–H groups in total. The molecule has 5 nitrogen and oxygen atoms in total. The number of amides is 1. The van der Waals surface area contributed by atoms with Crippen molar-refractivity contribution in [3.63, 3.8) is 0 Å². The Balaban J connectivity index is 2.62. The molecule has 0 spiro atoms. The molecule has 0 unspecified atom stereocenters. The first-order valence-corrected chi connectivity index (χ1v) is 4.40. The number of carbonyl (C=O) groups is 1. The topological polar surface area (TPSA) is 75.0 Å². The van der Waals surface area contributed by atoms with Crippen molar-refractivity contribution in [2.24, 2.45) is 0 Å². The Morgan fingerprint density at radius 2 is 2.47 bits per heavy atom. The first kappa shape index (κ1) is 11.1. The van der Waals surface area contributed by atoms with Gasteiger partial charge in [0.1, 0.15) is 6.07 Å². The maximum Gasteiger partial charge on any atom is 0.252 e. The summed E-state index contributed by atoms with van der Waals surface area (Å²) in [6, 6.07) is 3.42. The van der Waals surface area contributed by atoms with Gasteiger partial charge in [-0.15, -0.1) is 0 Å². The first-order valence-electron chi connectivity index (χ1n) is 4.40. The van der Waals surface area contributed by atoms with Crippen LogP contribution in [0.5, 0.6) is 0 Å². The van der Waals surface area contributed by atoms with Crippen LogP contribution in [0.15, 0.2) is 18.5 Å². The third kappa shape index (κ3) is 3.37. The monoisotopic (exact) mass is 205 g/mol. The summed E-state index contributed by atoms with van der Waals surface area (Å²) in [5.41, 5.74) is 0.750. The van der Waals surface area contributed by atoms with Gasteiger partial charge in [-0.25, -0.2) is 0 Å². The molecule has 1 amide bonds. The summed E-state index contributed by atoms with van der Waals surface area (Å²) < 4.78 is 4.79. The van der Waals surface area contributed by atoms with Crippen LogP contribution in [-0.4, -0.2) is 31.2 Å². The lowest BCUT2D eigenvalue weighted by Crippen LogP contribution is -2.27. The van der Waals surface area contributed by atoms with Crippen molar-refractivity contribution in [2.75, 3.05) is 20.3 Å². The lowest BCUT2D eigenvalue weighted by Gasteiger charge is -2.03. The third-order valence-corrected chi connectivity index (χ3v) is 1.72. The zero-order valence-electron chi connectivity index (χ0n) is 8.36. The molecular weight excluding hydrogens is 194 g/mol. The van der Waals surface area contributed by atoms with E-state index in [0.717, 1.165) is 0 Å². The molecule has 0 bridgehead atoms. The third-order valence-electron chi connectivity index (χ3n) is 1.72. The van der Waals surface area contributed by atoms with Gasteiger partial charge < -0.3 is 10.1 Å². The van der Waals surface area contributed by atoms with Gasteiger partial charge in [0.05, 0.1) is 17.7 Å². The fourth-order valence-electron chi connectivity index (χ4n) is 0.994. The number of nitriles is 1. The zero-order valence-corrected chi connectivity index (χ0v) is 8.36. The average Bonchev–Trinajstić information content (AvgIpc) is 2.29. The van der Waals surface area contributed by atoms with Gasteiger partial charge >= 0.3 is 0 Å². The van der Waals surface area contributed by atoms with Crippen LogP contribution < -0.4 is 5.32 Å². The largest absolute Gasteiger partial charge is 0.383 e. The number of hydrogen-bond acceptors (Lipinski definition) is 4. The van der Waals surface area contributed by atoms with Crippen LogP contribution in [0.3, 0.4) is 0 Å². The maximum absolute atomic E-state index is 11.5. The molecule has 1 aromatic rings. The van der Waals surface area contributed by atoms with E-state index < -0.39 is 0 Å². The molecule has 1 aromatic heterocycles. The second-order valence-corrected chi connectivity index (χ2v) is 2.82. The van der Waals surface area contributed by atoms with Crippen molar-refractivity contribution < 1.29 is 9.53 Å². The quantitative estimate of drug-likeness (QED) is 0.719. The molecule has 0 fully saturated rings. The first-order chi connectivity index (χ1) is 7.27. The van der Waals surface area contributed by atoms with Crippen LogP contribution >= 0.6 is 0 Å². The zero-order chi connectivity index (χ0) is 11.1. The van der Waals surface area contributed by atoms with Crippen molar-refractivity contribution in [1.82, 2.24) is 10.3 Å². The fourth-order valence-corrected chi connectivity index (χ4v) is 0.994. The van der Waals surface area contributed by atoms with E-state index in [9.17, 15) is 4.79 Å². The molecule has 0 radical (unpaired) electrons. The highest BCUT2D eigenvalue weighted by Crippen LogP contribution is 2.00. The van der Waals surface area contributed by atoms with Crippen molar-refractivity contribution >= 4 is 5.91 Å². The number of aromatic nitrogens is 1. The van der Waals surface area contributed by atoms with Gasteiger partial charge in [-0.3, -0.25) is 9.78 Å². The molecule has 0 aliphatic carbocycles. The maximum atomic E-state index is 11.5. The van der Waals surface area contributed by atoms with Crippen molar-refractivity contribution in [1.29, 1.82) is 5.26 Å². The summed E-state index contributed by atoms with van der Waals surface area (Å²) >= 11 is 0. The van der Waals surface area contributed by atoms with E-state index in [-0.39, 0.29) is 5.91 Å². The minimum Gasteiger partial charge on any atom is -0.383 e. The molecule has 0 saturated carbocycles. The Morgan fingerprint density at radius 3 is 3.13 bits per heavy atom. The lowest BCUT2D eigenvalue weighted by molar-refractivity contribution is 0.0936. The van der Waals surface area contributed by atoms with Crippen LogP contribution in [-0.2, 0) is 4.74 Å². The van der Waals surface area contributed by atoms with Crippen LogP contribution in [0.2, 0.25) is 0 Å². The number of nitrogens with one attached hydrogen (secondary N) is 1. The van der Waals surface area contributed by atoms with E-state index in [2.05, 4.69) is 10.3 Å². The summed E-state index contributed by atoms with van der Waals surface area (Å²) in [4.78, 5) is 15.3. The van der Waals surface area contributed by atoms with Gasteiger partial charge in [0.15, 0.2) is 0 Å². The van der Waals surface area contributed by atoms with Crippen molar-refractivity contribution in [2.45, 2.75) is 0 Å². The minimum atomic E-state index is -0.253. The standard InChI is InChI=1S/C10H11N3O2/c1-15-3-2-13-10(14)9-4-8(5-11)6-12-7-9/h4,6-7H,2-3H2,1H3,(H,13,14). The highest BCUT2D eigenvalue weighted by atomic mass is 16.5. The smallest absolute Gasteiger partial charge is 0.252 e. The minimum absolute atomic E-state index is 0.253. The number of rotatable bonds is 4. The van der Waals surface area contributed by atoms with Gasteiger partial charge in [0, 0.05) is 26.0 Å². The molecule has 0 atom stereocenters. The Morgan fingerprint density at radius 1 is 1.67 bits per heavy atom. The Kier molecular flexibility index (Phi) is 4.26. The van der Waals surface area contributed by atoms with Gasteiger partial charge in [-0.05, 0) is 6.07 Å². The predicted octanol–water partition coefficient (Wildman–Crippen LogP) is 0.329. The normalized spacial score (nSPS) is 9.33. The molecule has 1 heterocycles. The predicted molar refractivity (Wildman–Crippen MR) is 53.2 cm³/mol. The summed E-state index contributed by atoms with van der Waals surface area (Å²) in [6.07, 6.45) is 2.83. The molecule has 15 heavy (non-hydrogen) atoms. The number of hydrogen-bond donors (Lipinski definition) is 1. The van der Waals surface area contributed by atoms with Crippen LogP contribution in [0.25, 0.3) is 0 Å². The van der Waals surface area contributed by atoms with E-state index in [1.807, 2.05) is 6.07 Å². The second-order valence-electron chi connectivity index (χ2n) is 2.82. The molecular formula is C10H11N3O2. The molecule has 5 heteroatoms. The Bertz CT molecular complexity index is 384. The molecule has 0 saturated heterocycles. The lowest BCUT2D eigenvalue weighted by atomic mass is 10.2. The SMILES string of the molecule is COCCNC(=O)c1cncc(C#N)c1. The highest BCUT2D eigenvalue weighted by Gasteiger charge is 2.05. The van der Waals surface area contributed by atoms with E-state index >= 15 is 0 Å². The van der Waals surface area contributed by atoms with Crippen molar-refractivity contribution in [3.05, 3.63) is 29.6 Å². The Hall–Kier alpha value is -1.93. The highest BCUT2D eigenvalue weighted by molar-refractivity contribution is 5.94. The average molecular weight is 205 g/mol. The molecule has 1 rings (SSSR count). The van der Waals surface area contributed by atoms with Gasteiger partial charge in [0.25, 0.3) is 5.91 Å². The summed E-state index contributed by atoms with van der Waals surface area (Å²) in [5, 5.41) is 11.3. The van der Waals surface area contributed by atoms with Crippen LogP contribution in [0.4, 0.5) is 0 Å². The van der Waals surface area contributed by atoms with Gasteiger partial charge in [-0.2, -0.15) is 5.26 Å².